The molecule has 0 bridgehead atoms. The number of ether oxygens (including phenoxy) is 1. The maximum Gasteiger partial charge on any atom is 0.138 e. The van der Waals surface area contributed by atoms with E-state index < -0.39 is 0 Å². The highest BCUT2D eigenvalue weighted by molar-refractivity contribution is 6.32. The molecule has 1 aromatic rings. The molecule has 1 rings (SSSR count). The van der Waals surface area contributed by atoms with Crippen molar-refractivity contribution in [1.29, 1.82) is 0 Å². The van der Waals surface area contributed by atoms with Crippen molar-refractivity contribution in [2.24, 2.45) is 0 Å². The van der Waals surface area contributed by atoms with E-state index in [0.29, 0.717) is 16.3 Å². The van der Waals surface area contributed by atoms with Gasteiger partial charge in [0.2, 0.25) is 0 Å². The summed E-state index contributed by atoms with van der Waals surface area (Å²) in [5.41, 5.74) is 0.694. The SMILES string of the molecule is CC(C)Oc1cccc(CO)c1Cl. The van der Waals surface area contributed by atoms with Gasteiger partial charge < -0.3 is 9.84 Å². The van der Waals surface area contributed by atoms with Crippen LogP contribution in [-0.4, -0.2) is 11.2 Å². The maximum atomic E-state index is 8.94. The van der Waals surface area contributed by atoms with Crippen LogP contribution in [0.15, 0.2) is 18.2 Å². The summed E-state index contributed by atoms with van der Waals surface area (Å²) in [6, 6.07) is 5.38. The molecule has 13 heavy (non-hydrogen) atoms. The van der Waals surface area contributed by atoms with Gasteiger partial charge in [-0.05, 0) is 25.5 Å². The van der Waals surface area contributed by atoms with Gasteiger partial charge >= 0.3 is 0 Å². The molecule has 2 nitrogen and oxygen atoms in total. The van der Waals surface area contributed by atoms with Crippen LogP contribution in [0.4, 0.5) is 0 Å². The second-order valence-electron chi connectivity index (χ2n) is 3.05. The molecule has 0 aromatic heterocycles. The fourth-order valence-corrected chi connectivity index (χ4v) is 1.25. The third-order valence-electron chi connectivity index (χ3n) is 1.58. The minimum absolute atomic E-state index is 0.0614. The van der Waals surface area contributed by atoms with Gasteiger partial charge in [-0.15, -0.1) is 0 Å². The van der Waals surface area contributed by atoms with Crippen LogP contribution >= 0.6 is 11.6 Å². The van der Waals surface area contributed by atoms with Gasteiger partial charge in [-0.25, -0.2) is 0 Å². The van der Waals surface area contributed by atoms with Crippen LogP contribution in [0.3, 0.4) is 0 Å². The second-order valence-corrected chi connectivity index (χ2v) is 3.43. The predicted molar refractivity (Wildman–Crippen MR) is 53.1 cm³/mol. The van der Waals surface area contributed by atoms with Crippen LogP contribution in [0.2, 0.25) is 5.02 Å². The third kappa shape index (κ3) is 2.61. The quantitative estimate of drug-likeness (QED) is 0.813. The highest BCUT2D eigenvalue weighted by Gasteiger charge is 2.07. The van der Waals surface area contributed by atoms with E-state index in [1.807, 2.05) is 19.9 Å². The lowest BCUT2D eigenvalue weighted by molar-refractivity contribution is 0.240. The Bertz CT molecular complexity index is 284. The zero-order chi connectivity index (χ0) is 9.84. The van der Waals surface area contributed by atoms with Crippen molar-refractivity contribution in [3.8, 4) is 5.75 Å². The molecule has 0 radical (unpaired) electrons. The normalized spacial score (nSPS) is 10.5. The lowest BCUT2D eigenvalue weighted by atomic mass is 10.2. The Kier molecular flexibility index (Phi) is 3.58. The van der Waals surface area contributed by atoms with E-state index >= 15 is 0 Å². The first-order valence-electron chi connectivity index (χ1n) is 4.20. The summed E-state index contributed by atoms with van der Waals surface area (Å²) in [6.45, 7) is 3.80. The monoisotopic (exact) mass is 200 g/mol. The summed E-state index contributed by atoms with van der Waals surface area (Å²) in [5.74, 6) is 0.628. The molecule has 0 aliphatic heterocycles. The standard InChI is InChI=1S/C10H13ClO2/c1-7(2)13-9-5-3-4-8(6-12)10(9)11/h3-5,7,12H,6H2,1-2H3. The van der Waals surface area contributed by atoms with Crippen molar-refractivity contribution in [2.75, 3.05) is 0 Å². The molecule has 0 spiro atoms. The Morgan fingerprint density at radius 3 is 2.69 bits per heavy atom. The fourth-order valence-electron chi connectivity index (χ4n) is 1.02. The molecule has 0 unspecified atom stereocenters. The van der Waals surface area contributed by atoms with E-state index in [0.717, 1.165) is 0 Å². The Morgan fingerprint density at radius 2 is 2.15 bits per heavy atom. The molecular weight excluding hydrogens is 188 g/mol. The fraction of sp³-hybridized carbons (Fsp3) is 0.400. The van der Waals surface area contributed by atoms with E-state index in [-0.39, 0.29) is 12.7 Å². The summed E-state index contributed by atoms with van der Waals surface area (Å²) >= 11 is 5.97. The molecule has 0 aliphatic carbocycles. The van der Waals surface area contributed by atoms with Gasteiger partial charge in [-0.1, -0.05) is 23.7 Å². The van der Waals surface area contributed by atoms with E-state index in [1.165, 1.54) is 0 Å². The maximum absolute atomic E-state index is 8.94. The molecule has 0 aliphatic rings. The molecule has 0 fully saturated rings. The number of aliphatic hydroxyl groups excluding tert-OH is 1. The first kappa shape index (κ1) is 10.4. The minimum atomic E-state index is -0.0614. The van der Waals surface area contributed by atoms with Crippen LogP contribution in [0, 0.1) is 0 Å². The van der Waals surface area contributed by atoms with Gasteiger partial charge in [-0.2, -0.15) is 0 Å². The first-order valence-corrected chi connectivity index (χ1v) is 4.58. The Morgan fingerprint density at radius 1 is 1.46 bits per heavy atom. The molecule has 0 saturated heterocycles. The summed E-state index contributed by atoms with van der Waals surface area (Å²) in [4.78, 5) is 0. The van der Waals surface area contributed by atoms with E-state index in [2.05, 4.69) is 0 Å². The second kappa shape index (κ2) is 4.49. The van der Waals surface area contributed by atoms with Crippen molar-refractivity contribution in [3.05, 3.63) is 28.8 Å². The highest BCUT2D eigenvalue weighted by atomic mass is 35.5. The smallest absolute Gasteiger partial charge is 0.138 e. The molecule has 3 heteroatoms. The minimum Gasteiger partial charge on any atom is -0.489 e. The molecular formula is C10H13ClO2. The van der Waals surface area contributed by atoms with E-state index in [4.69, 9.17) is 21.4 Å². The number of hydrogen-bond donors (Lipinski definition) is 1. The average Bonchev–Trinajstić information content (AvgIpc) is 2.08. The van der Waals surface area contributed by atoms with Crippen molar-refractivity contribution in [3.63, 3.8) is 0 Å². The van der Waals surface area contributed by atoms with Crippen molar-refractivity contribution in [1.82, 2.24) is 0 Å². The van der Waals surface area contributed by atoms with Gasteiger partial charge in [0.05, 0.1) is 17.7 Å². The molecule has 72 valence electrons. The number of hydrogen-bond acceptors (Lipinski definition) is 2. The van der Waals surface area contributed by atoms with E-state index in [1.54, 1.807) is 12.1 Å². The summed E-state index contributed by atoms with van der Waals surface area (Å²) in [6.07, 6.45) is 0.0893. The Labute approximate surface area is 83.1 Å². The van der Waals surface area contributed by atoms with Crippen LogP contribution in [0.1, 0.15) is 19.4 Å². The number of benzene rings is 1. The molecule has 0 atom stereocenters. The van der Waals surface area contributed by atoms with Crippen LogP contribution in [0.25, 0.3) is 0 Å². The summed E-state index contributed by atoms with van der Waals surface area (Å²) in [7, 11) is 0. The zero-order valence-corrected chi connectivity index (χ0v) is 8.51. The van der Waals surface area contributed by atoms with Gasteiger partial charge in [0.15, 0.2) is 0 Å². The average molecular weight is 201 g/mol. The molecule has 1 N–H and O–H groups in total. The van der Waals surface area contributed by atoms with Crippen molar-refractivity contribution < 1.29 is 9.84 Å². The molecule has 0 amide bonds. The molecule has 1 aromatic carbocycles. The lowest BCUT2D eigenvalue weighted by Gasteiger charge is -2.12. The van der Waals surface area contributed by atoms with Gasteiger partial charge in [0, 0.05) is 0 Å². The molecule has 0 saturated carbocycles. The number of rotatable bonds is 3. The summed E-state index contributed by atoms with van der Waals surface area (Å²) < 4.78 is 5.44. The number of aliphatic hydroxyl groups is 1. The van der Waals surface area contributed by atoms with Gasteiger partial charge in [-0.3, -0.25) is 0 Å². The van der Waals surface area contributed by atoms with Gasteiger partial charge in [0.25, 0.3) is 0 Å². The Balaban J connectivity index is 2.94. The summed E-state index contributed by atoms with van der Waals surface area (Å²) in [5, 5.41) is 9.44. The zero-order valence-electron chi connectivity index (χ0n) is 7.75. The van der Waals surface area contributed by atoms with E-state index in [9.17, 15) is 0 Å². The molecule has 0 heterocycles. The Hall–Kier alpha value is -0.730. The highest BCUT2D eigenvalue weighted by Crippen LogP contribution is 2.28. The van der Waals surface area contributed by atoms with Crippen LogP contribution in [-0.2, 0) is 6.61 Å². The first-order chi connectivity index (χ1) is 6.15. The van der Waals surface area contributed by atoms with Crippen molar-refractivity contribution in [2.45, 2.75) is 26.6 Å². The topological polar surface area (TPSA) is 29.5 Å². The van der Waals surface area contributed by atoms with Gasteiger partial charge in [0.1, 0.15) is 5.75 Å². The lowest BCUT2D eigenvalue weighted by Crippen LogP contribution is -2.06. The van der Waals surface area contributed by atoms with Crippen LogP contribution < -0.4 is 4.74 Å². The third-order valence-corrected chi connectivity index (χ3v) is 2.01. The largest absolute Gasteiger partial charge is 0.489 e. The number of halogens is 1. The van der Waals surface area contributed by atoms with Crippen molar-refractivity contribution >= 4 is 11.6 Å². The van der Waals surface area contributed by atoms with Crippen LogP contribution in [0.5, 0.6) is 5.75 Å². The predicted octanol–water partition coefficient (Wildman–Crippen LogP) is 2.62.